The van der Waals surface area contributed by atoms with Gasteiger partial charge in [-0.3, -0.25) is 4.68 Å². The number of aryl methyl sites for hydroxylation is 2. The smallest absolute Gasteiger partial charge is 0.0575 e. The number of hydrogen-bond donors (Lipinski definition) is 1. The lowest BCUT2D eigenvalue weighted by atomic mass is 10.1. The van der Waals surface area contributed by atoms with Gasteiger partial charge in [-0.25, -0.2) is 0 Å². The molecule has 0 bridgehead atoms. The predicted molar refractivity (Wildman–Crippen MR) is 85.4 cm³/mol. The van der Waals surface area contributed by atoms with E-state index >= 15 is 0 Å². The van der Waals surface area contributed by atoms with Gasteiger partial charge in [-0.15, -0.1) is 0 Å². The van der Waals surface area contributed by atoms with Crippen molar-refractivity contribution in [1.82, 2.24) is 9.78 Å². The first-order valence-electron chi connectivity index (χ1n) is 7.14. The third kappa shape index (κ3) is 3.32. The van der Waals surface area contributed by atoms with Crippen LogP contribution in [0, 0.1) is 6.92 Å². The van der Waals surface area contributed by atoms with E-state index in [1.165, 1.54) is 22.6 Å². The van der Waals surface area contributed by atoms with Crippen LogP contribution in [0.2, 0.25) is 0 Å². The maximum Gasteiger partial charge on any atom is 0.0575 e. The molecule has 0 atom stereocenters. The number of rotatable bonds is 6. The monoisotopic (exact) mass is 272 g/mol. The molecule has 0 saturated carbocycles. The second-order valence-electron chi connectivity index (χ2n) is 5.29. The van der Waals surface area contributed by atoms with E-state index in [0.717, 1.165) is 19.5 Å². The van der Waals surface area contributed by atoms with Gasteiger partial charge >= 0.3 is 0 Å². The van der Waals surface area contributed by atoms with Crippen LogP contribution < -0.4 is 10.2 Å². The molecular weight excluding hydrogens is 248 g/mol. The number of aromatic nitrogens is 2. The van der Waals surface area contributed by atoms with Crippen molar-refractivity contribution >= 4 is 11.4 Å². The number of nitrogens with zero attached hydrogens (tertiary/aromatic N) is 3. The molecule has 0 amide bonds. The van der Waals surface area contributed by atoms with Crippen molar-refractivity contribution in [1.29, 1.82) is 0 Å². The quantitative estimate of drug-likeness (QED) is 0.876. The molecule has 4 heteroatoms. The molecule has 0 radical (unpaired) electrons. The SMILES string of the molecule is CCCn1nccc1CNc1ccc(N(C)C)cc1C. The van der Waals surface area contributed by atoms with Crippen molar-refractivity contribution in [2.45, 2.75) is 33.4 Å². The minimum Gasteiger partial charge on any atom is -0.379 e. The largest absolute Gasteiger partial charge is 0.379 e. The van der Waals surface area contributed by atoms with Crippen molar-refractivity contribution in [3.8, 4) is 0 Å². The summed E-state index contributed by atoms with van der Waals surface area (Å²) >= 11 is 0. The zero-order valence-corrected chi connectivity index (χ0v) is 12.8. The van der Waals surface area contributed by atoms with Crippen LogP contribution in [0.25, 0.3) is 0 Å². The molecule has 0 aliphatic carbocycles. The Kier molecular flexibility index (Phi) is 4.66. The fraction of sp³-hybridized carbons (Fsp3) is 0.438. The highest BCUT2D eigenvalue weighted by Crippen LogP contribution is 2.21. The van der Waals surface area contributed by atoms with Crippen molar-refractivity contribution in [3.05, 3.63) is 41.7 Å². The Morgan fingerprint density at radius 2 is 2.05 bits per heavy atom. The Bertz CT molecular complexity index is 557. The molecule has 0 saturated heterocycles. The summed E-state index contributed by atoms with van der Waals surface area (Å²) in [6.07, 6.45) is 2.97. The summed E-state index contributed by atoms with van der Waals surface area (Å²) in [6, 6.07) is 8.56. The van der Waals surface area contributed by atoms with Gasteiger partial charge < -0.3 is 10.2 Å². The summed E-state index contributed by atoms with van der Waals surface area (Å²) in [7, 11) is 4.12. The molecule has 1 aromatic carbocycles. The third-order valence-corrected chi connectivity index (χ3v) is 3.43. The molecule has 4 nitrogen and oxygen atoms in total. The Balaban J connectivity index is 2.05. The maximum atomic E-state index is 4.35. The van der Waals surface area contributed by atoms with Crippen LogP contribution >= 0.6 is 0 Å². The molecule has 108 valence electrons. The molecule has 20 heavy (non-hydrogen) atoms. The zero-order valence-electron chi connectivity index (χ0n) is 12.8. The molecule has 1 aromatic heterocycles. The van der Waals surface area contributed by atoms with Crippen LogP contribution in [-0.4, -0.2) is 23.9 Å². The van der Waals surface area contributed by atoms with Gasteiger partial charge in [0, 0.05) is 38.2 Å². The highest BCUT2D eigenvalue weighted by Gasteiger charge is 2.04. The number of benzene rings is 1. The molecule has 0 aliphatic heterocycles. The average molecular weight is 272 g/mol. The minimum atomic E-state index is 0.808. The summed E-state index contributed by atoms with van der Waals surface area (Å²) in [5, 5.41) is 7.85. The van der Waals surface area contributed by atoms with Crippen LogP contribution in [0.3, 0.4) is 0 Å². The van der Waals surface area contributed by atoms with Crippen molar-refractivity contribution in [2.24, 2.45) is 0 Å². The molecule has 1 heterocycles. The average Bonchev–Trinajstić information content (AvgIpc) is 2.85. The predicted octanol–water partition coefficient (Wildman–Crippen LogP) is 3.28. The second kappa shape index (κ2) is 6.46. The van der Waals surface area contributed by atoms with Gasteiger partial charge in [0.15, 0.2) is 0 Å². The van der Waals surface area contributed by atoms with Crippen molar-refractivity contribution in [2.75, 3.05) is 24.3 Å². The lowest BCUT2D eigenvalue weighted by Gasteiger charge is -2.16. The van der Waals surface area contributed by atoms with Gasteiger partial charge in [0.25, 0.3) is 0 Å². The minimum absolute atomic E-state index is 0.808. The zero-order chi connectivity index (χ0) is 14.5. The Labute approximate surface area is 121 Å². The topological polar surface area (TPSA) is 33.1 Å². The highest BCUT2D eigenvalue weighted by atomic mass is 15.3. The molecule has 1 N–H and O–H groups in total. The fourth-order valence-corrected chi connectivity index (χ4v) is 2.23. The molecule has 2 aromatic rings. The maximum absolute atomic E-state index is 4.35. The van der Waals surface area contributed by atoms with Gasteiger partial charge in [-0.1, -0.05) is 6.92 Å². The summed E-state index contributed by atoms with van der Waals surface area (Å²) in [4.78, 5) is 2.12. The van der Waals surface area contributed by atoms with Gasteiger partial charge in [0.2, 0.25) is 0 Å². The first-order valence-corrected chi connectivity index (χ1v) is 7.14. The van der Waals surface area contributed by atoms with E-state index in [-0.39, 0.29) is 0 Å². The second-order valence-corrected chi connectivity index (χ2v) is 5.29. The highest BCUT2D eigenvalue weighted by molar-refractivity contribution is 5.59. The first kappa shape index (κ1) is 14.4. The van der Waals surface area contributed by atoms with E-state index in [4.69, 9.17) is 0 Å². The van der Waals surface area contributed by atoms with Gasteiger partial charge in [0.05, 0.1) is 12.2 Å². The van der Waals surface area contributed by atoms with E-state index in [1.54, 1.807) is 0 Å². The van der Waals surface area contributed by atoms with E-state index in [9.17, 15) is 0 Å². The van der Waals surface area contributed by atoms with Gasteiger partial charge in [-0.05, 0) is 43.2 Å². The van der Waals surface area contributed by atoms with E-state index < -0.39 is 0 Å². The summed E-state index contributed by atoms with van der Waals surface area (Å²) in [5.41, 5.74) is 4.89. The van der Waals surface area contributed by atoms with Crippen LogP contribution in [0.1, 0.15) is 24.6 Å². The fourth-order valence-electron chi connectivity index (χ4n) is 2.23. The van der Waals surface area contributed by atoms with Gasteiger partial charge in [0.1, 0.15) is 0 Å². The normalized spacial score (nSPS) is 10.6. The molecule has 0 aliphatic rings. The molecule has 0 spiro atoms. The summed E-state index contributed by atoms with van der Waals surface area (Å²) in [6.45, 7) is 6.09. The standard InChI is InChI=1S/C16H24N4/c1-5-10-20-15(8-9-18-20)12-17-16-7-6-14(19(3)4)11-13(16)2/h6-9,11,17H,5,10,12H2,1-4H3. The Morgan fingerprint density at radius 3 is 2.70 bits per heavy atom. The number of anilines is 2. The Hall–Kier alpha value is -1.97. The van der Waals surface area contributed by atoms with Crippen LogP contribution in [0.5, 0.6) is 0 Å². The van der Waals surface area contributed by atoms with Crippen molar-refractivity contribution in [3.63, 3.8) is 0 Å². The lowest BCUT2D eigenvalue weighted by Crippen LogP contribution is -2.11. The van der Waals surface area contributed by atoms with Crippen molar-refractivity contribution < 1.29 is 0 Å². The van der Waals surface area contributed by atoms with Crippen LogP contribution in [0.4, 0.5) is 11.4 Å². The first-order chi connectivity index (χ1) is 9.61. The molecule has 0 unspecified atom stereocenters. The summed E-state index contributed by atoms with van der Waals surface area (Å²) < 4.78 is 2.07. The van der Waals surface area contributed by atoms with E-state index in [1.807, 2.05) is 6.20 Å². The van der Waals surface area contributed by atoms with E-state index in [2.05, 4.69) is 72.2 Å². The number of nitrogens with one attached hydrogen (secondary N) is 1. The molecule has 2 rings (SSSR count). The van der Waals surface area contributed by atoms with Crippen LogP contribution in [0.15, 0.2) is 30.5 Å². The summed E-state index contributed by atoms with van der Waals surface area (Å²) in [5.74, 6) is 0. The molecular formula is C16H24N4. The van der Waals surface area contributed by atoms with E-state index in [0.29, 0.717) is 0 Å². The lowest BCUT2D eigenvalue weighted by molar-refractivity contribution is 0.578. The van der Waals surface area contributed by atoms with Crippen LogP contribution in [-0.2, 0) is 13.1 Å². The number of hydrogen-bond acceptors (Lipinski definition) is 3. The van der Waals surface area contributed by atoms with Gasteiger partial charge in [-0.2, -0.15) is 5.10 Å². The molecule has 0 fully saturated rings. The third-order valence-electron chi connectivity index (χ3n) is 3.43. The Morgan fingerprint density at radius 1 is 1.25 bits per heavy atom.